The van der Waals surface area contributed by atoms with Crippen LogP contribution in [-0.4, -0.2) is 30.1 Å². The summed E-state index contributed by atoms with van der Waals surface area (Å²) in [5.74, 6) is 1.14. The Morgan fingerprint density at radius 2 is 2.25 bits per heavy atom. The summed E-state index contributed by atoms with van der Waals surface area (Å²) in [4.78, 5) is 1.37. The minimum absolute atomic E-state index is 0.323. The minimum atomic E-state index is 0.323. The van der Waals surface area contributed by atoms with Crippen LogP contribution in [0.5, 0.6) is 0 Å². The number of nitrogens with one attached hydrogen (secondary N) is 2. The average molecular weight is 308 g/mol. The summed E-state index contributed by atoms with van der Waals surface area (Å²) < 4.78 is 5.60. The van der Waals surface area contributed by atoms with Crippen molar-refractivity contribution in [3.63, 3.8) is 0 Å². The van der Waals surface area contributed by atoms with E-state index in [1.54, 1.807) is 0 Å². The van der Waals surface area contributed by atoms with Crippen LogP contribution in [0.1, 0.15) is 30.9 Å². The molecule has 1 fully saturated rings. The van der Waals surface area contributed by atoms with Gasteiger partial charge in [-0.15, -0.1) is 11.8 Å². The van der Waals surface area contributed by atoms with E-state index in [0.29, 0.717) is 12.1 Å². The zero-order valence-electron chi connectivity index (χ0n) is 11.4. The predicted molar refractivity (Wildman–Crippen MR) is 87.2 cm³/mol. The largest absolute Gasteiger partial charge is 0.376 e. The highest BCUT2D eigenvalue weighted by Crippen LogP contribution is 2.35. The fourth-order valence-corrected chi connectivity index (χ4v) is 4.06. The number of hydrogen-bond donors (Lipinski definition) is 2. The highest BCUT2D eigenvalue weighted by molar-refractivity contribution is 7.99. The van der Waals surface area contributed by atoms with Crippen LogP contribution < -0.4 is 10.6 Å². The van der Waals surface area contributed by atoms with E-state index in [4.69, 9.17) is 17.0 Å². The number of thiocarbonyl (C=S) groups is 1. The van der Waals surface area contributed by atoms with E-state index in [9.17, 15) is 0 Å². The molecule has 3 rings (SSSR count). The van der Waals surface area contributed by atoms with Crippen LogP contribution in [0.15, 0.2) is 29.2 Å². The zero-order chi connectivity index (χ0) is 13.8. The molecule has 1 aromatic carbocycles. The minimum Gasteiger partial charge on any atom is -0.376 e. The average Bonchev–Trinajstić information content (AvgIpc) is 2.99. The molecule has 0 unspecified atom stereocenters. The molecule has 2 N–H and O–H groups in total. The van der Waals surface area contributed by atoms with Crippen LogP contribution in [0.4, 0.5) is 0 Å². The van der Waals surface area contributed by atoms with Crippen LogP contribution in [0, 0.1) is 0 Å². The summed E-state index contributed by atoms with van der Waals surface area (Å²) in [5.41, 5.74) is 1.37. The molecule has 20 heavy (non-hydrogen) atoms. The Morgan fingerprint density at radius 3 is 3.10 bits per heavy atom. The maximum absolute atomic E-state index is 5.60. The molecule has 0 aliphatic carbocycles. The molecule has 0 bridgehead atoms. The summed E-state index contributed by atoms with van der Waals surface area (Å²) in [5, 5.41) is 7.48. The lowest BCUT2D eigenvalue weighted by Gasteiger charge is -2.27. The van der Waals surface area contributed by atoms with E-state index < -0.39 is 0 Å². The number of thioether (sulfide) groups is 1. The molecule has 0 saturated carbocycles. The van der Waals surface area contributed by atoms with Crippen LogP contribution >= 0.6 is 24.0 Å². The third-order valence-electron chi connectivity index (χ3n) is 3.78. The molecule has 2 aliphatic rings. The van der Waals surface area contributed by atoms with Gasteiger partial charge in [0.1, 0.15) is 0 Å². The van der Waals surface area contributed by atoms with E-state index in [0.717, 1.165) is 36.9 Å². The maximum Gasteiger partial charge on any atom is 0.166 e. The Balaban J connectivity index is 1.54. The first-order valence-corrected chi connectivity index (χ1v) is 8.60. The molecule has 0 aromatic heterocycles. The first-order chi connectivity index (χ1) is 9.83. The van der Waals surface area contributed by atoms with Crippen molar-refractivity contribution < 1.29 is 4.74 Å². The molecule has 108 valence electrons. The SMILES string of the molecule is S=C(NC[C@@H]1CCCO1)N[C@@H]1CCSc2ccccc21. The first kappa shape index (κ1) is 14.2. The van der Waals surface area contributed by atoms with Crippen molar-refractivity contribution in [3.8, 4) is 0 Å². The van der Waals surface area contributed by atoms with Gasteiger partial charge in [-0.25, -0.2) is 0 Å². The molecular weight excluding hydrogens is 288 g/mol. The lowest BCUT2D eigenvalue weighted by atomic mass is 10.0. The monoisotopic (exact) mass is 308 g/mol. The Kier molecular flexibility index (Phi) is 4.81. The second-order valence-corrected chi connectivity index (χ2v) is 6.76. The number of rotatable bonds is 3. The van der Waals surface area contributed by atoms with Crippen molar-refractivity contribution in [1.29, 1.82) is 0 Å². The van der Waals surface area contributed by atoms with Crippen molar-refractivity contribution in [3.05, 3.63) is 29.8 Å². The van der Waals surface area contributed by atoms with Crippen molar-refractivity contribution in [2.75, 3.05) is 18.9 Å². The molecular formula is C15H20N2OS2. The molecule has 2 atom stereocenters. The molecule has 2 aliphatic heterocycles. The fraction of sp³-hybridized carbons (Fsp3) is 0.533. The van der Waals surface area contributed by atoms with Crippen LogP contribution in [0.25, 0.3) is 0 Å². The van der Waals surface area contributed by atoms with Crippen molar-refractivity contribution in [2.24, 2.45) is 0 Å². The molecule has 0 spiro atoms. The normalized spacial score (nSPS) is 25.0. The van der Waals surface area contributed by atoms with Gasteiger partial charge >= 0.3 is 0 Å². The quantitative estimate of drug-likeness (QED) is 0.839. The summed E-state index contributed by atoms with van der Waals surface area (Å²) in [6, 6.07) is 8.92. The molecule has 3 nitrogen and oxygen atoms in total. The van der Waals surface area contributed by atoms with E-state index in [1.165, 1.54) is 16.9 Å². The summed E-state index contributed by atoms with van der Waals surface area (Å²) in [6.45, 7) is 1.70. The number of benzene rings is 1. The maximum atomic E-state index is 5.60. The highest BCUT2D eigenvalue weighted by Gasteiger charge is 2.21. The van der Waals surface area contributed by atoms with Gasteiger partial charge in [-0.05, 0) is 43.1 Å². The molecule has 1 saturated heterocycles. The zero-order valence-corrected chi connectivity index (χ0v) is 13.1. The lowest BCUT2D eigenvalue weighted by molar-refractivity contribution is 0.114. The summed E-state index contributed by atoms with van der Waals surface area (Å²) in [7, 11) is 0. The van der Waals surface area contributed by atoms with Gasteiger partial charge in [0.15, 0.2) is 5.11 Å². The van der Waals surface area contributed by atoms with Gasteiger partial charge in [-0.2, -0.15) is 0 Å². The standard InChI is InChI=1S/C15H20N2OS2/c19-15(16-10-11-4-3-8-18-11)17-13-7-9-20-14-6-2-1-5-12(13)14/h1-2,5-6,11,13H,3-4,7-10H2,(H2,16,17,19)/t11-,13+/m0/s1. The second kappa shape index (κ2) is 6.78. The highest BCUT2D eigenvalue weighted by atomic mass is 32.2. The van der Waals surface area contributed by atoms with Gasteiger partial charge in [0.25, 0.3) is 0 Å². The van der Waals surface area contributed by atoms with Crippen molar-refractivity contribution in [1.82, 2.24) is 10.6 Å². The number of fused-ring (bicyclic) bond motifs is 1. The smallest absolute Gasteiger partial charge is 0.166 e. The van der Waals surface area contributed by atoms with E-state index in [2.05, 4.69) is 34.9 Å². The summed E-state index contributed by atoms with van der Waals surface area (Å²) in [6.07, 6.45) is 3.74. The van der Waals surface area contributed by atoms with E-state index >= 15 is 0 Å². The molecule has 0 radical (unpaired) electrons. The molecule has 0 amide bonds. The predicted octanol–water partition coefficient (Wildman–Crippen LogP) is 2.87. The number of hydrogen-bond acceptors (Lipinski definition) is 3. The fourth-order valence-electron chi connectivity index (χ4n) is 2.71. The Morgan fingerprint density at radius 1 is 1.35 bits per heavy atom. The molecule has 5 heteroatoms. The Hall–Kier alpha value is -0.780. The van der Waals surface area contributed by atoms with Crippen LogP contribution in [-0.2, 0) is 4.74 Å². The Bertz CT molecular complexity index is 475. The lowest BCUT2D eigenvalue weighted by Crippen LogP contribution is -2.41. The van der Waals surface area contributed by atoms with Crippen LogP contribution in [0.3, 0.4) is 0 Å². The topological polar surface area (TPSA) is 33.3 Å². The van der Waals surface area contributed by atoms with E-state index in [1.807, 2.05) is 11.8 Å². The second-order valence-electron chi connectivity index (χ2n) is 5.22. The summed E-state index contributed by atoms with van der Waals surface area (Å²) >= 11 is 7.34. The first-order valence-electron chi connectivity index (χ1n) is 7.20. The van der Waals surface area contributed by atoms with Gasteiger partial charge in [0.05, 0.1) is 12.1 Å². The van der Waals surface area contributed by atoms with Gasteiger partial charge in [0, 0.05) is 23.8 Å². The van der Waals surface area contributed by atoms with Crippen molar-refractivity contribution in [2.45, 2.75) is 36.3 Å². The van der Waals surface area contributed by atoms with Gasteiger partial charge in [-0.3, -0.25) is 0 Å². The van der Waals surface area contributed by atoms with Gasteiger partial charge in [0.2, 0.25) is 0 Å². The molecule has 2 heterocycles. The van der Waals surface area contributed by atoms with E-state index in [-0.39, 0.29) is 0 Å². The third-order valence-corrected chi connectivity index (χ3v) is 5.16. The third kappa shape index (κ3) is 3.45. The van der Waals surface area contributed by atoms with Gasteiger partial charge < -0.3 is 15.4 Å². The van der Waals surface area contributed by atoms with Crippen molar-refractivity contribution >= 4 is 29.1 Å². The Labute approximate surface area is 129 Å². The number of ether oxygens (including phenoxy) is 1. The van der Waals surface area contributed by atoms with Gasteiger partial charge in [-0.1, -0.05) is 18.2 Å². The molecule has 1 aromatic rings. The van der Waals surface area contributed by atoms with Crippen LogP contribution in [0.2, 0.25) is 0 Å².